The molecule has 2 atom stereocenters. The van der Waals surface area contributed by atoms with Crippen molar-refractivity contribution < 1.29 is 19.1 Å². The number of morpholine rings is 1. The summed E-state index contributed by atoms with van der Waals surface area (Å²) in [6.07, 6.45) is 1.39. The van der Waals surface area contributed by atoms with E-state index in [0.717, 1.165) is 0 Å². The minimum atomic E-state index is -0.570. The Balaban J connectivity index is 2.09. The van der Waals surface area contributed by atoms with E-state index < -0.39 is 11.7 Å². The molecule has 2 rings (SSSR count). The number of aromatic nitrogens is 1. The van der Waals surface area contributed by atoms with Gasteiger partial charge in [-0.3, -0.25) is 9.69 Å². The summed E-state index contributed by atoms with van der Waals surface area (Å²) < 4.78 is 11.0. The van der Waals surface area contributed by atoms with E-state index in [2.05, 4.69) is 4.98 Å². The van der Waals surface area contributed by atoms with Crippen molar-refractivity contribution in [2.24, 2.45) is 0 Å². The van der Waals surface area contributed by atoms with Gasteiger partial charge in [0.05, 0.1) is 25.3 Å². The molecule has 1 aromatic heterocycles. The summed E-state index contributed by atoms with van der Waals surface area (Å²) in [7, 11) is 0. The molecule has 0 spiro atoms. The van der Waals surface area contributed by atoms with Crippen LogP contribution >= 0.6 is 11.3 Å². The van der Waals surface area contributed by atoms with E-state index in [9.17, 15) is 9.59 Å². The van der Waals surface area contributed by atoms with Crippen molar-refractivity contribution in [1.29, 1.82) is 0 Å². The lowest BCUT2D eigenvalue weighted by Gasteiger charge is -2.40. The summed E-state index contributed by atoms with van der Waals surface area (Å²) in [6.45, 7) is 8.15. The first kappa shape index (κ1) is 16.9. The quantitative estimate of drug-likeness (QED) is 0.799. The third kappa shape index (κ3) is 4.27. The van der Waals surface area contributed by atoms with Crippen LogP contribution in [0.4, 0.5) is 4.79 Å². The average molecular weight is 326 g/mol. The second-order valence-corrected chi connectivity index (χ2v) is 7.29. The van der Waals surface area contributed by atoms with Gasteiger partial charge < -0.3 is 9.47 Å². The van der Waals surface area contributed by atoms with Crippen molar-refractivity contribution in [2.45, 2.75) is 51.8 Å². The Labute approximate surface area is 134 Å². The van der Waals surface area contributed by atoms with Gasteiger partial charge in [0.2, 0.25) is 0 Å². The molecular formula is C15H22N2O4S. The van der Waals surface area contributed by atoms with Crippen molar-refractivity contribution in [3.8, 4) is 0 Å². The van der Waals surface area contributed by atoms with Crippen LogP contribution in [0.1, 0.15) is 43.9 Å². The maximum atomic E-state index is 12.4. The predicted octanol–water partition coefficient (Wildman–Crippen LogP) is 2.74. The highest BCUT2D eigenvalue weighted by atomic mass is 32.1. The number of hydrogen-bond donors (Lipinski definition) is 0. The van der Waals surface area contributed by atoms with Crippen LogP contribution in [-0.4, -0.2) is 52.7 Å². The fraction of sp³-hybridized carbons (Fsp3) is 0.667. The van der Waals surface area contributed by atoms with Gasteiger partial charge in [-0.15, -0.1) is 11.3 Å². The molecule has 1 saturated heterocycles. The first-order valence-electron chi connectivity index (χ1n) is 7.29. The smallest absolute Gasteiger partial charge is 0.410 e. The van der Waals surface area contributed by atoms with Gasteiger partial charge in [0.25, 0.3) is 0 Å². The minimum Gasteiger partial charge on any atom is -0.444 e. The molecule has 22 heavy (non-hydrogen) atoms. The van der Waals surface area contributed by atoms with Crippen molar-refractivity contribution in [2.75, 3.05) is 13.2 Å². The van der Waals surface area contributed by atoms with Crippen molar-refractivity contribution >= 4 is 23.2 Å². The molecule has 0 N–H and O–H groups in total. The van der Waals surface area contributed by atoms with Gasteiger partial charge in [-0.1, -0.05) is 0 Å². The number of thiazole rings is 1. The highest BCUT2D eigenvalue weighted by Crippen LogP contribution is 2.22. The van der Waals surface area contributed by atoms with Gasteiger partial charge in [0, 0.05) is 18.0 Å². The standard InChI is InChI=1S/C15H22N2O4S/c1-10-8-20-9-11(7-12(18)13-16-5-6-22-13)17(10)14(19)21-15(2,3)4/h5-6,10-11H,7-9H2,1-4H3. The van der Waals surface area contributed by atoms with Crippen LogP contribution in [0, 0.1) is 0 Å². The van der Waals surface area contributed by atoms with E-state index in [1.54, 1.807) is 16.5 Å². The SMILES string of the molecule is CC1COCC(CC(=O)c2nccs2)N1C(=O)OC(C)(C)C. The Kier molecular flexibility index (Phi) is 5.18. The van der Waals surface area contributed by atoms with Crippen LogP contribution in [0.15, 0.2) is 11.6 Å². The Morgan fingerprint density at radius 3 is 2.77 bits per heavy atom. The maximum absolute atomic E-state index is 12.4. The normalized spacial score (nSPS) is 22.5. The van der Waals surface area contributed by atoms with Crippen LogP contribution in [0.5, 0.6) is 0 Å². The van der Waals surface area contributed by atoms with E-state index in [-0.39, 0.29) is 24.3 Å². The van der Waals surface area contributed by atoms with E-state index in [0.29, 0.717) is 18.2 Å². The van der Waals surface area contributed by atoms with Crippen LogP contribution in [-0.2, 0) is 9.47 Å². The van der Waals surface area contributed by atoms with Crippen LogP contribution in [0.25, 0.3) is 0 Å². The van der Waals surface area contributed by atoms with E-state index in [4.69, 9.17) is 9.47 Å². The Morgan fingerprint density at radius 1 is 1.45 bits per heavy atom. The number of nitrogens with zero attached hydrogens (tertiary/aromatic N) is 2. The van der Waals surface area contributed by atoms with Gasteiger partial charge in [-0.2, -0.15) is 0 Å². The predicted molar refractivity (Wildman–Crippen MR) is 83.2 cm³/mol. The Hall–Kier alpha value is -1.47. The zero-order valence-corrected chi connectivity index (χ0v) is 14.2. The molecule has 0 aliphatic carbocycles. The average Bonchev–Trinajstić information content (AvgIpc) is 2.90. The molecule has 6 nitrogen and oxygen atoms in total. The number of Topliss-reactive ketones (excluding diaryl/α,β-unsaturated/α-hetero) is 1. The molecule has 1 aliphatic rings. The lowest BCUT2D eigenvalue weighted by molar-refractivity contribution is -0.0558. The molecule has 1 aromatic rings. The minimum absolute atomic E-state index is 0.0775. The molecule has 1 fully saturated rings. The van der Waals surface area contributed by atoms with Crippen LogP contribution in [0.3, 0.4) is 0 Å². The highest BCUT2D eigenvalue weighted by molar-refractivity contribution is 7.11. The topological polar surface area (TPSA) is 68.7 Å². The van der Waals surface area contributed by atoms with E-state index in [1.165, 1.54) is 11.3 Å². The number of ether oxygens (including phenoxy) is 2. The molecule has 7 heteroatoms. The fourth-order valence-corrected chi connectivity index (χ4v) is 2.95. The largest absolute Gasteiger partial charge is 0.444 e. The molecule has 0 bridgehead atoms. The summed E-state index contributed by atoms with van der Waals surface area (Å²) in [5.74, 6) is -0.0775. The maximum Gasteiger partial charge on any atom is 0.410 e. The molecule has 0 saturated carbocycles. The summed E-state index contributed by atoms with van der Waals surface area (Å²) in [6, 6.07) is -0.451. The molecule has 2 heterocycles. The van der Waals surface area contributed by atoms with Gasteiger partial charge in [-0.25, -0.2) is 9.78 Å². The monoisotopic (exact) mass is 326 g/mol. The second kappa shape index (κ2) is 6.75. The third-order valence-electron chi connectivity index (χ3n) is 3.23. The lowest BCUT2D eigenvalue weighted by atomic mass is 10.1. The number of carbonyl (C=O) groups is 2. The van der Waals surface area contributed by atoms with E-state index >= 15 is 0 Å². The van der Waals surface area contributed by atoms with Crippen molar-refractivity contribution in [3.05, 3.63) is 16.6 Å². The first-order valence-corrected chi connectivity index (χ1v) is 8.17. The van der Waals surface area contributed by atoms with Gasteiger partial charge >= 0.3 is 6.09 Å². The molecule has 0 radical (unpaired) electrons. The number of carbonyl (C=O) groups excluding carboxylic acids is 2. The summed E-state index contributed by atoms with van der Waals surface area (Å²) in [5.41, 5.74) is -0.570. The highest BCUT2D eigenvalue weighted by Gasteiger charge is 2.36. The third-order valence-corrected chi connectivity index (χ3v) is 4.05. The van der Waals surface area contributed by atoms with Crippen LogP contribution in [0.2, 0.25) is 0 Å². The molecule has 2 unspecified atom stereocenters. The Bertz CT molecular complexity index is 524. The summed E-state index contributed by atoms with van der Waals surface area (Å²) in [5, 5.41) is 2.22. The zero-order chi connectivity index (χ0) is 16.3. The van der Waals surface area contributed by atoms with E-state index in [1.807, 2.05) is 27.7 Å². The number of amides is 1. The van der Waals surface area contributed by atoms with Crippen molar-refractivity contribution in [3.63, 3.8) is 0 Å². The molecule has 1 amide bonds. The fourth-order valence-electron chi connectivity index (χ4n) is 2.36. The Morgan fingerprint density at radius 2 is 2.18 bits per heavy atom. The van der Waals surface area contributed by atoms with Gasteiger partial charge in [0.15, 0.2) is 10.8 Å². The zero-order valence-electron chi connectivity index (χ0n) is 13.4. The summed E-state index contributed by atoms with van der Waals surface area (Å²) in [4.78, 5) is 30.3. The van der Waals surface area contributed by atoms with Gasteiger partial charge in [-0.05, 0) is 27.7 Å². The molecular weight excluding hydrogens is 304 g/mol. The molecule has 0 aromatic carbocycles. The number of rotatable bonds is 3. The number of hydrogen-bond acceptors (Lipinski definition) is 6. The first-order chi connectivity index (χ1) is 10.3. The van der Waals surface area contributed by atoms with Crippen molar-refractivity contribution in [1.82, 2.24) is 9.88 Å². The molecule has 122 valence electrons. The summed E-state index contributed by atoms with van der Waals surface area (Å²) >= 11 is 1.30. The van der Waals surface area contributed by atoms with Crippen LogP contribution < -0.4 is 0 Å². The second-order valence-electron chi connectivity index (χ2n) is 6.39. The number of ketones is 1. The molecule has 1 aliphatic heterocycles. The van der Waals surface area contributed by atoms with Gasteiger partial charge in [0.1, 0.15) is 5.60 Å². The lowest BCUT2D eigenvalue weighted by Crippen LogP contribution is -2.55.